The molecule has 0 bridgehead atoms. The van der Waals surface area contributed by atoms with Crippen molar-refractivity contribution in [2.45, 2.75) is 31.6 Å². The number of carbonyl (C=O) groups is 1. The average Bonchev–Trinajstić information content (AvgIpc) is 2.93. The van der Waals surface area contributed by atoms with Gasteiger partial charge in [-0.1, -0.05) is 35.9 Å². The van der Waals surface area contributed by atoms with Gasteiger partial charge in [0.15, 0.2) is 0 Å². The average molecular weight is 389 g/mol. The molecule has 0 saturated carbocycles. The first-order valence-corrected chi connectivity index (χ1v) is 9.88. The molecule has 0 saturated heterocycles. The maximum absolute atomic E-state index is 12.4. The highest BCUT2D eigenvalue weighted by Gasteiger charge is 2.20. The van der Waals surface area contributed by atoms with E-state index in [4.69, 9.17) is 11.6 Å². The van der Waals surface area contributed by atoms with Crippen LogP contribution in [0.1, 0.15) is 23.9 Å². The van der Waals surface area contributed by atoms with Gasteiger partial charge in [-0.05, 0) is 31.0 Å². The number of halogens is 1. The first-order valence-electron chi connectivity index (χ1n) is 7.20. The van der Waals surface area contributed by atoms with Gasteiger partial charge in [0.25, 0.3) is 10.0 Å². The lowest BCUT2D eigenvalue weighted by atomic mass is 10.2. The van der Waals surface area contributed by atoms with Gasteiger partial charge in [0, 0.05) is 11.6 Å². The Hall–Kier alpha value is -1.71. The molecular formula is C14H17ClN4O3S2. The molecule has 0 radical (unpaired) electrons. The van der Waals surface area contributed by atoms with Crippen molar-refractivity contribution in [3.63, 3.8) is 0 Å². The summed E-state index contributed by atoms with van der Waals surface area (Å²) in [7, 11) is -3.82. The summed E-state index contributed by atoms with van der Waals surface area (Å²) in [5, 5.41) is 11.2. The van der Waals surface area contributed by atoms with Gasteiger partial charge in [-0.3, -0.25) is 9.52 Å². The Labute approximate surface area is 149 Å². The molecule has 2 aromatic rings. The summed E-state index contributed by atoms with van der Waals surface area (Å²) in [6.07, 6.45) is 0.904. The highest BCUT2D eigenvalue weighted by Crippen LogP contribution is 2.26. The number of anilines is 1. The van der Waals surface area contributed by atoms with Crippen LogP contribution in [0.4, 0.5) is 5.13 Å². The van der Waals surface area contributed by atoms with E-state index in [9.17, 15) is 13.2 Å². The van der Waals surface area contributed by atoms with Gasteiger partial charge in [0.05, 0.1) is 11.3 Å². The van der Waals surface area contributed by atoms with Gasteiger partial charge < -0.3 is 5.32 Å². The van der Waals surface area contributed by atoms with E-state index in [1.807, 2.05) is 6.92 Å². The van der Waals surface area contributed by atoms with Gasteiger partial charge in [-0.15, -0.1) is 10.2 Å². The maximum atomic E-state index is 12.4. The summed E-state index contributed by atoms with van der Waals surface area (Å²) in [6, 6.07) is 4.64. The predicted octanol–water partition coefficient (Wildman–Crippen LogP) is 2.37. The van der Waals surface area contributed by atoms with Crippen LogP contribution in [-0.4, -0.2) is 31.1 Å². The molecule has 2 rings (SSSR count). The van der Waals surface area contributed by atoms with E-state index in [0.717, 1.165) is 17.8 Å². The van der Waals surface area contributed by atoms with Crippen LogP contribution in [-0.2, 0) is 21.2 Å². The summed E-state index contributed by atoms with van der Waals surface area (Å²) in [6.45, 7) is 4.17. The fraction of sp³-hybridized carbons (Fsp3) is 0.357. The fourth-order valence-electron chi connectivity index (χ4n) is 1.88. The zero-order chi connectivity index (χ0) is 17.7. The van der Waals surface area contributed by atoms with Gasteiger partial charge in [0.1, 0.15) is 5.01 Å². The highest BCUT2D eigenvalue weighted by molar-refractivity contribution is 7.93. The second kappa shape index (κ2) is 7.91. The number of nitrogens with one attached hydrogen (secondary N) is 2. The van der Waals surface area contributed by atoms with Crippen molar-refractivity contribution in [2.75, 3.05) is 11.3 Å². The molecule has 0 aliphatic heterocycles. The number of sulfonamides is 1. The molecule has 0 spiro atoms. The lowest BCUT2D eigenvalue weighted by Gasteiger charge is -2.08. The van der Waals surface area contributed by atoms with Crippen molar-refractivity contribution in [1.82, 2.24) is 15.5 Å². The lowest BCUT2D eigenvalue weighted by molar-refractivity contribution is -0.120. The fourth-order valence-corrected chi connectivity index (χ4v) is 4.35. The second-order valence-corrected chi connectivity index (χ2v) is 8.12. The number of benzene rings is 1. The van der Waals surface area contributed by atoms with Crippen molar-refractivity contribution in [3.05, 3.63) is 33.8 Å². The molecule has 24 heavy (non-hydrogen) atoms. The second-order valence-electron chi connectivity index (χ2n) is 5.00. The summed E-state index contributed by atoms with van der Waals surface area (Å²) < 4.78 is 27.2. The largest absolute Gasteiger partial charge is 0.356 e. The van der Waals surface area contributed by atoms with Crippen molar-refractivity contribution < 1.29 is 13.2 Å². The SMILES string of the molecule is CCCNC(=O)Cc1nnc(NS(=O)(=O)c2cccc(Cl)c2C)s1. The van der Waals surface area contributed by atoms with E-state index < -0.39 is 10.0 Å². The van der Waals surface area contributed by atoms with Crippen molar-refractivity contribution >= 4 is 44.0 Å². The Bertz CT molecular complexity index is 836. The van der Waals surface area contributed by atoms with Crippen LogP contribution in [0.2, 0.25) is 5.02 Å². The van der Waals surface area contributed by atoms with E-state index in [-0.39, 0.29) is 22.4 Å². The molecule has 1 aromatic heterocycles. The molecule has 0 fully saturated rings. The Kier molecular flexibility index (Phi) is 6.14. The van der Waals surface area contributed by atoms with E-state index >= 15 is 0 Å². The number of amides is 1. The molecule has 1 amide bonds. The molecular weight excluding hydrogens is 372 g/mol. The van der Waals surface area contributed by atoms with Crippen LogP contribution in [0.15, 0.2) is 23.1 Å². The van der Waals surface area contributed by atoms with E-state index in [2.05, 4.69) is 20.2 Å². The third kappa shape index (κ3) is 4.65. The minimum Gasteiger partial charge on any atom is -0.356 e. The smallest absolute Gasteiger partial charge is 0.264 e. The molecule has 2 N–H and O–H groups in total. The molecule has 1 aromatic carbocycles. The minimum atomic E-state index is -3.82. The van der Waals surface area contributed by atoms with Crippen molar-refractivity contribution in [1.29, 1.82) is 0 Å². The minimum absolute atomic E-state index is 0.0651. The molecule has 1 heterocycles. The van der Waals surface area contributed by atoms with Gasteiger partial charge >= 0.3 is 0 Å². The molecule has 0 aliphatic rings. The molecule has 0 unspecified atom stereocenters. The third-order valence-electron chi connectivity index (χ3n) is 3.08. The number of carbonyl (C=O) groups excluding carboxylic acids is 1. The van der Waals surface area contributed by atoms with Gasteiger partial charge in [0.2, 0.25) is 11.0 Å². The Morgan fingerprint density at radius 1 is 1.33 bits per heavy atom. The Morgan fingerprint density at radius 2 is 2.08 bits per heavy atom. The molecule has 10 heteroatoms. The lowest BCUT2D eigenvalue weighted by Crippen LogP contribution is -2.25. The third-order valence-corrected chi connectivity index (χ3v) is 5.94. The Balaban J connectivity index is 2.11. The number of aromatic nitrogens is 2. The first-order chi connectivity index (χ1) is 11.3. The molecule has 0 aliphatic carbocycles. The number of rotatable bonds is 7. The zero-order valence-corrected chi connectivity index (χ0v) is 15.6. The van der Waals surface area contributed by atoms with Crippen molar-refractivity contribution in [3.8, 4) is 0 Å². The van der Waals surface area contributed by atoms with E-state index in [1.165, 1.54) is 6.07 Å². The van der Waals surface area contributed by atoms with Crippen LogP contribution in [0.5, 0.6) is 0 Å². The number of hydrogen-bond donors (Lipinski definition) is 2. The predicted molar refractivity (Wildman–Crippen MR) is 93.9 cm³/mol. The van der Waals surface area contributed by atoms with Crippen LogP contribution in [0, 0.1) is 6.92 Å². The number of nitrogens with zero attached hydrogens (tertiary/aromatic N) is 2. The number of hydrogen-bond acceptors (Lipinski definition) is 6. The summed E-state index contributed by atoms with van der Waals surface area (Å²) >= 11 is 6.98. The van der Waals surface area contributed by atoms with E-state index in [0.29, 0.717) is 22.1 Å². The van der Waals surface area contributed by atoms with Crippen LogP contribution >= 0.6 is 22.9 Å². The zero-order valence-electron chi connectivity index (χ0n) is 13.2. The van der Waals surface area contributed by atoms with Gasteiger partial charge in [-0.25, -0.2) is 8.42 Å². The van der Waals surface area contributed by atoms with Crippen LogP contribution in [0.3, 0.4) is 0 Å². The monoisotopic (exact) mass is 388 g/mol. The van der Waals surface area contributed by atoms with E-state index in [1.54, 1.807) is 19.1 Å². The molecule has 0 atom stereocenters. The molecule has 130 valence electrons. The summed E-state index contributed by atoms with van der Waals surface area (Å²) in [5.74, 6) is -0.173. The molecule has 7 nitrogen and oxygen atoms in total. The topological polar surface area (TPSA) is 101 Å². The van der Waals surface area contributed by atoms with Crippen LogP contribution < -0.4 is 10.0 Å². The van der Waals surface area contributed by atoms with Gasteiger partial charge in [-0.2, -0.15) is 0 Å². The first kappa shape index (κ1) is 18.6. The standard InChI is InChI=1S/C14H17ClN4O3S2/c1-3-7-16-12(20)8-13-17-18-14(23-13)19-24(21,22)11-6-4-5-10(15)9(11)2/h4-6H,3,7-8H2,1-2H3,(H,16,20)(H,18,19). The van der Waals surface area contributed by atoms with Crippen LogP contribution in [0.25, 0.3) is 0 Å². The normalized spacial score (nSPS) is 11.3. The highest BCUT2D eigenvalue weighted by atomic mass is 35.5. The Morgan fingerprint density at radius 3 is 2.79 bits per heavy atom. The quantitative estimate of drug-likeness (QED) is 0.758. The maximum Gasteiger partial charge on any atom is 0.264 e. The summed E-state index contributed by atoms with van der Waals surface area (Å²) in [5.41, 5.74) is 0.454. The van der Waals surface area contributed by atoms with Crippen molar-refractivity contribution in [2.24, 2.45) is 0 Å². The summed E-state index contributed by atoms with van der Waals surface area (Å²) in [4.78, 5) is 11.7.